The molecule has 96 valence electrons. The second-order valence-corrected chi connectivity index (χ2v) is 4.59. The molecule has 0 N–H and O–H groups in total. The molecular formula is C14H16O4. The highest BCUT2D eigenvalue weighted by Crippen LogP contribution is 2.49. The van der Waals surface area contributed by atoms with Crippen LogP contribution < -0.4 is 4.74 Å². The van der Waals surface area contributed by atoms with Crippen LogP contribution in [-0.2, 0) is 9.53 Å². The van der Waals surface area contributed by atoms with Crippen LogP contribution in [0.5, 0.6) is 5.75 Å². The molecule has 0 unspecified atom stereocenters. The van der Waals surface area contributed by atoms with Gasteiger partial charge in [-0.05, 0) is 43.5 Å². The van der Waals surface area contributed by atoms with Crippen LogP contribution >= 0.6 is 0 Å². The third-order valence-corrected chi connectivity index (χ3v) is 3.42. The molecule has 1 fully saturated rings. The largest absolute Gasteiger partial charge is 0.496 e. The van der Waals surface area contributed by atoms with Crippen LogP contribution in [0.2, 0.25) is 0 Å². The molecule has 0 atom stereocenters. The number of esters is 1. The number of hydrogen-bond acceptors (Lipinski definition) is 4. The van der Waals surface area contributed by atoms with Gasteiger partial charge in [0.05, 0.1) is 14.2 Å². The first kappa shape index (κ1) is 12.6. The van der Waals surface area contributed by atoms with Gasteiger partial charge in [-0.1, -0.05) is 0 Å². The topological polar surface area (TPSA) is 52.6 Å². The summed E-state index contributed by atoms with van der Waals surface area (Å²) in [7, 11) is 2.90. The van der Waals surface area contributed by atoms with E-state index in [2.05, 4.69) is 0 Å². The lowest BCUT2D eigenvalue weighted by Gasteiger charge is -2.12. The fraction of sp³-hybridized carbons (Fsp3) is 0.429. The number of hydrogen-bond donors (Lipinski definition) is 0. The van der Waals surface area contributed by atoms with Gasteiger partial charge < -0.3 is 9.47 Å². The molecule has 0 heterocycles. The van der Waals surface area contributed by atoms with Gasteiger partial charge in [-0.15, -0.1) is 0 Å². The highest BCUT2D eigenvalue weighted by Gasteiger charge is 2.57. The van der Waals surface area contributed by atoms with Gasteiger partial charge in [0.15, 0.2) is 5.78 Å². The molecule has 4 heteroatoms. The Bertz CT molecular complexity index is 501. The summed E-state index contributed by atoms with van der Waals surface area (Å²) in [5, 5.41) is 0. The summed E-state index contributed by atoms with van der Waals surface area (Å²) in [5.74, 6) is 0.149. The summed E-state index contributed by atoms with van der Waals surface area (Å²) in [6, 6.07) is 5.19. The number of aryl methyl sites for hydroxylation is 1. The van der Waals surface area contributed by atoms with E-state index >= 15 is 0 Å². The smallest absolute Gasteiger partial charge is 0.319 e. The first-order valence-corrected chi connectivity index (χ1v) is 5.83. The lowest BCUT2D eigenvalue weighted by Crippen LogP contribution is -2.27. The Labute approximate surface area is 106 Å². The first-order chi connectivity index (χ1) is 8.55. The minimum Gasteiger partial charge on any atom is -0.496 e. The van der Waals surface area contributed by atoms with Crippen LogP contribution in [0.1, 0.15) is 28.8 Å². The fourth-order valence-corrected chi connectivity index (χ4v) is 2.14. The van der Waals surface area contributed by atoms with E-state index in [-0.39, 0.29) is 5.78 Å². The molecule has 4 nitrogen and oxygen atoms in total. The lowest BCUT2D eigenvalue weighted by atomic mass is 9.93. The molecule has 0 amide bonds. The zero-order valence-electron chi connectivity index (χ0n) is 10.8. The van der Waals surface area contributed by atoms with Gasteiger partial charge in [-0.2, -0.15) is 0 Å². The van der Waals surface area contributed by atoms with Gasteiger partial charge in [-0.3, -0.25) is 9.59 Å². The van der Waals surface area contributed by atoms with E-state index in [9.17, 15) is 9.59 Å². The second kappa shape index (κ2) is 4.44. The molecule has 1 saturated carbocycles. The van der Waals surface area contributed by atoms with Crippen molar-refractivity contribution in [1.82, 2.24) is 0 Å². The number of rotatable bonds is 4. The van der Waals surface area contributed by atoms with E-state index < -0.39 is 11.4 Å². The van der Waals surface area contributed by atoms with Gasteiger partial charge in [-0.25, -0.2) is 0 Å². The van der Waals surface area contributed by atoms with Crippen LogP contribution in [0.25, 0.3) is 0 Å². The Morgan fingerprint density at radius 1 is 1.22 bits per heavy atom. The zero-order valence-corrected chi connectivity index (χ0v) is 10.8. The molecule has 18 heavy (non-hydrogen) atoms. The Kier molecular flexibility index (Phi) is 3.11. The number of carbonyl (C=O) groups excluding carboxylic acids is 2. The first-order valence-electron chi connectivity index (χ1n) is 5.83. The quantitative estimate of drug-likeness (QED) is 0.465. The Balaban J connectivity index is 2.30. The van der Waals surface area contributed by atoms with Crippen LogP contribution in [0, 0.1) is 12.3 Å². The average molecular weight is 248 g/mol. The van der Waals surface area contributed by atoms with Crippen molar-refractivity contribution < 1.29 is 19.1 Å². The molecule has 0 radical (unpaired) electrons. The number of ketones is 1. The number of ether oxygens (including phenoxy) is 2. The normalized spacial score (nSPS) is 15.9. The molecule has 2 rings (SSSR count). The molecular weight excluding hydrogens is 232 g/mol. The number of Topliss-reactive ketones (excluding diaryl/α,β-unsaturated/α-hetero) is 1. The van der Waals surface area contributed by atoms with Gasteiger partial charge in [0.1, 0.15) is 11.2 Å². The van der Waals surface area contributed by atoms with E-state index in [1.54, 1.807) is 25.3 Å². The van der Waals surface area contributed by atoms with Gasteiger partial charge in [0, 0.05) is 5.56 Å². The van der Waals surface area contributed by atoms with Crippen molar-refractivity contribution in [2.45, 2.75) is 19.8 Å². The van der Waals surface area contributed by atoms with E-state index in [0.717, 1.165) is 11.3 Å². The predicted molar refractivity (Wildman–Crippen MR) is 65.7 cm³/mol. The maximum absolute atomic E-state index is 12.3. The van der Waals surface area contributed by atoms with Gasteiger partial charge in [0.2, 0.25) is 0 Å². The van der Waals surface area contributed by atoms with Crippen molar-refractivity contribution in [2.24, 2.45) is 5.41 Å². The summed E-state index contributed by atoms with van der Waals surface area (Å²) in [4.78, 5) is 24.0. The Hall–Kier alpha value is -1.84. The van der Waals surface area contributed by atoms with Crippen molar-refractivity contribution in [1.29, 1.82) is 0 Å². The molecule has 0 aliphatic heterocycles. The monoisotopic (exact) mass is 248 g/mol. The average Bonchev–Trinajstić information content (AvgIpc) is 3.18. The highest BCUT2D eigenvalue weighted by molar-refractivity contribution is 6.14. The van der Waals surface area contributed by atoms with E-state index in [1.165, 1.54) is 7.11 Å². The van der Waals surface area contributed by atoms with Crippen LogP contribution in [-0.4, -0.2) is 26.0 Å². The maximum Gasteiger partial charge on any atom is 0.319 e. The molecule has 1 aromatic carbocycles. The molecule has 1 aliphatic carbocycles. The summed E-state index contributed by atoms with van der Waals surface area (Å²) in [6.07, 6.45) is 1.15. The van der Waals surface area contributed by atoms with Crippen molar-refractivity contribution in [2.75, 3.05) is 14.2 Å². The van der Waals surface area contributed by atoms with Gasteiger partial charge >= 0.3 is 5.97 Å². The zero-order chi connectivity index (χ0) is 13.3. The molecule has 0 spiro atoms. The molecule has 0 bridgehead atoms. The Morgan fingerprint density at radius 3 is 2.33 bits per heavy atom. The van der Waals surface area contributed by atoms with Crippen molar-refractivity contribution in [3.63, 3.8) is 0 Å². The summed E-state index contributed by atoms with van der Waals surface area (Å²) in [5.41, 5.74) is 0.482. The summed E-state index contributed by atoms with van der Waals surface area (Å²) >= 11 is 0. The third kappa shape index (κ3) is 1.88. The van der Waals surface area contributed by atoms with Crippen LogP contribution in [0.3, 0.4) is 0 Å². The summed E-state index contributed by atoms with van der Waals surface area (Å²) < 4.78 is 9.86. The van der Waals surface area contributed by atoms with E-state index in [4.69, 9.17) is 9.47 Å². The van der Waals surface area contributed by atoms with Crippen molar-refractivity contribution in [3.05, 3.63) is 29.3 Å². The summed E-state index contributed by atoms with van der Waals surface area (Å²) in [6.45, 7) is 1.87. The van der Waals surface area contributed by atoms with Crippen LogP contribution in [0.4, 0.5) is 0 Å². The standard InChI is InChI=1S/C14H16O4/c1-9-8-10(4-5-11(9)17-2)12(15)14(6-7-14)13(16)18-3/h4-5,8H,6-7H2,1-3H3. The third-order valence-electron chi connectivity index (χ3n) is 3.42. The van der Waals surface area contributed by atoms with E-state index in [0.29, 0.717) is 18.4 Å². The lowest BCUT2D eigenvalue weighted by molar-refractivity contribution is -0.145. The second-order valence-electron chi connectivity index (χ2n) is 4.59. The number of benzene rings is 1. The molecule has 1 aliphatic rings. The minimum absolute atomic E-state index is 0.153. The number of carbonyl (C=O) groups is 2. The molecule has 0 aromatic heterocycles. The Morgan fingerprint density at radius 2 is 1.89 bits per heavy atom. The highest BCUT2D eigenvalue weighted by atomic mass is 16.5. The fourth-order valence-electron chi connectivity index (χ4n) is 2.14. The minimum atomic E-state index is -0.935. The van der Waals surface area contributed by atoms with E-state index in [1.807, 2.05) is 6.92 Å². The van der Waals surface area contributed by atoms with Crippen molar-refractivity contribution >= 4 is 11.8 Å². The van der Waals surface area contributed by atoms with Gasteiger partial charge in [0.25, 0.3) is 0 Å². The number of methoxy groups -OCH3 is 2. The molecule has 1 aromatic rings. The SMILES string of the molecule is COC(=O)C1(C(=O)c2ccc(OC)c(C)c2)CC1. The van der Waals surface area contributed by atoms with Crippen molar-refractivity contribution in [3.8, 4) is 5.75 Å². The van der Waals surface area contributed by atoms with Crippen LogP contribution in [0.15, 0.2) is 18.2 Å². The molecule has 0 saturated heterocycles. The maximum atomic E-state index is 12.3. The predicted octanol–water partition coefficient (Wildman–Crippen LogP) is 2.14.